The molecule has 1 aromatic carbocycles. The van der Waals surface area contributed by atoms with Gasteiger partial charge in [-0.25, -0.2) is 4.99 Å². The van der Waals surface area contributed by atoms with Gasteiger partial charge in [-0.05, 0) is 19.1 Å². The van der Waals surface area contributed by atoms with E-state index in [9.17, 15) is 0 Å². The number of para-hydroxylation sites is 1. The highest BCUT2D eigenvalue weighted by Gasteiger charge is 2.10. The maximum Gasteiger partial charge on any atom is 0.157 e. The minimum absolute atomic E-state index is 0.586. The number of anilines is 1. The van der Waals surface area contributed by atoms with Crippen molar-refractivity contribution >= 4 is 17.7 Å². The molecule has 1 rings (SSSR count). The first kappa shape index (κ1) is 11.2. The maximum absolute atomic E-state index is 5.79. The van der Waals surface area contributed by atoms with E-state index in [0.717, 1.165) is 5.56 Å². The van der Waals surface area contributed by atoms with Crippen molar-refractivity contribution in [2.75, 3.05) is 19.9 Å². The monoisotopic (exact) mass is 205 g/mol. The first-order valence-electron chi connectivity index (χ1n) is 4.63. The van der Waals surface area contributed by atoms with Crippen LogP contribution in [0.1, 0.15) is 12.5 Å². The molecule has 0 heterocycles. The van der Waals surface area contributed by atoms with Gasteiger partial charge in [-0.3, -0.25) is 4.99 Å². The average Bonchev–Trinajstić information content (AvgIpc) is 2.25. The van der Waals surface area contributed by atoms with Gasteiger partial charge < -0.3 is 10.5 Å². The smallest absolute Gasteiger partial charge is 0.157 e. The second-order valence-electron chi connectivity index (χ2n) is 2.86. The fourth-order valence-corrected chi connectivity index (χ4v) is 1.33. The highest BCUT2D eigenvalue weighted by atomic mass is 16.5. The van der Waals surface area contributed by atoms with Crippen LogP contribution >= 0.6 is 0 Å². The predicted octanol–water partition coefficient (Wildman–Crippen LogP) is 1.74. The molecule has 1 aromatic rings. The predicted molar refractivity (Wildman–Crippen MR) is 64.0 cm³/mol. The summed E-state index contributed by atoms with van der Waals surface area (Å²) in [7, 11) is 3.27. The molecule has 0 aliphatic carbocycles. The molecule has 0 unspecified atom stereocenters. The van der Waals surface area contributed by atoms with Gasteiger partial charge in [0, 0.05) is 13.3 Å². The minimum Gasteiger partial charge on any atom is -0.494 e. The van der Waals surface area contributed by atoms with E-state index < -0.39 is 0 Å². The number of nitrogens with zero attached hydrogens (tertiary/aromatic N) is 2. The van der Waals surface area contributed by atoms with E-state index in [-0.39, 0.29) is 0 Å². The van der Waals surface area contributed by atoms with Crippen molar-refractivity contribution in [1.82, 2.24) is 0 Å². The Morgan fingerprint density at radius 1 is 1.47 bits per heavy atom. The molecule has 0 saturated heterocycles. The molecule has 80 valence electrons. The van der Waals surface area contributed by atoms with Crippen LogP contribution in [0.4, 0.5) is 5.69 Å². The third-order valence-corrected chi connectivity index (χ3v) is 1.95. The molecule has 4 heteroatoms. The lowest BCUT2D eigenvalue weighted by molar-refractivity contribution is 0.416. The van der Waals surface area contributed by atoms with Gasteiger partial charge in [-0.15, -0.1) is 0 Å². The molecular formula is C11H15N3O. The number of aliphatic imine (C=N–C) groups is 2. The van der Waals surface area contributed by atoms with Gasteiger partial charge in [0.15, 0.2) is 11.6 Å². The van der Waals surface area contributed by atoms with Crippen LogP contribution in [0.5, 0.6) is 5.75 Å². The largest absolute Gasteiger partial charge is 0.494 e. The first-order chi connectivity index (χ1) is 7.24. The number of hydrogen-bond donors (Lipinski definition) is 1. The molecule has 2 N–H and O–H groups in total. The van der Waals surface area contributed by atoms with E-state index in [2.05, 4.69) is 9.98 Å². The zero-order valence-corrected chi connectivity index (χ0v) is 9.19. The Morgan fingerprint density at radius 2 is 2.20 bits per heavy atom. The Hall–Kier alpha value is -1.84. The Bertz CT molecular complexity index is 397. The van der Waals surface area contributed by atoms with Crippen LogP contribution in [0, 0.1) is 0 Å². The lowest BCUT2D eigenvalue weighted by Gasteiger charge is -2.09. The summed E-state index contributed by atoms with van der Waals surface area (Å²) >= 11 is 0. The van der Waals surface area contributed by atoms with Crippen LogP contribution in [0.15, 0.2) is 28.2 Å². The molecule has 0 aromatic heterocycles. The molecule has 4 nitrogen and oxygen atoms in total. The molecular weight excluding hydrogens is 190 g/mol. The summed E-state index contributed by atoms with van der Waals surface area (Å²) in [5.41, 5.74) is 7.18. The number of ether oxygens (including phenoxy) is 1. The van der Waals surface area contributed by atoms with Gasteiger partial charge in [0.2, 0.25) is 0 Å². The van der Waals surface area contributed by atoms with E-state index in [4.69, 9.17) is 10.5 Å². The van der Waals surface area contributed by atoms with Crippen molar-refractivity contribution in [2.24, 2.45) is 9.98 Å². The van der Waals surface area contributed by atoms with E-state index >= 15 is 0 Å². The summed E-state index contributed by atoms with van der Waals surface area (Å²) in [6, 6.07) is 5.51. The van der Waals surface area contributed by atoms with Crippen molar-refractivity contribution in [2.45, 2.75) is 6.92 Å². The molecule has 0 radical (unpaired) electrons. The van der Waals surface area contributed by atoms with Crippen LogP contribution in [0.2, 0.25) is 0 Å². The fourth-order valence-electron chi connectivity index (χ4n) is 1.33. The molecule has 0 fully saturated rings. The van der Waals surface area contributed by atoms with E-state index in [0.29, 0.717) is 17.3 Å². The second kappa shape index (κ2) is 5.14. The van der Waals surface area contributed by atoms with Crippen molar-refractivity contribution < 1.29 is 4.74 Å². The van der Waals surface area contributed by atoms with Crippen LogP contribution in [-0.4, -0.2) is 26.2 Å². The number of nitrogen functional groups attached to an aromatic ring is 1. The molecule has 0 aliphatic heterocycles. The van der Waals surface area contributed by atoms with Gasteiger partial charge in [-0.1, -0.05) is 6.07 Å². The molecule has 0 atom stereocenters. The van der Waals surface area contributed by atoms with Gasteiger partial charge in [0.1, 0.15) is 0 Å². The number of nitrogens with two attached hydrogens (primary N) is 1. The number of hydrogen-bond acceptors (Lipinski definition) is 3. The highest BCUT2D eigenvalue weighted by Crippen LogP contribution is 2.26. The van der Waals surface area contributed by atoms with Gasteiger partial charge in [-0.2, -0.15) is 0 Å². The summed E-state index contributed by atoms with van der Waals surface area (Å²) in [4.78, 5) is 8.23. The number of rotatable bonds is 2. The van der Waals surface area contributed by atoms with E-state index in [1.807, 2.05) is 19.1 Å². The quantitative estimate of drug-likeness (QED) is 0.454. The third-order valence-electron chi connectivity index (χ3n) is 1.95. The summed E-state index contributed by atoms with van der Waals surface area (Å²) < 4.78 is 5.23. The van der Waals surface area contributed by atoms with Gasteiger partial charge in [0.05, 0.1) is 18.4 Å². The SMILES string of the molecule is CC=NC(=NC)c1cccc(N)c1OC. The molecule has 0 amide bonds. The highest BCUT2D eigenvalue weighted by molar-refractivity contribution is 6.05. The number of benzene rings is 1. The molecule has 0 saturated carbocycles. The van der Waals surface area contributed by atoms with E-state index in [1.165, 1.54) is 0 Å². The molecule has 0 aliphatic rings. The number of methoxy groups -OCH3 is 1. The summed E-state index contributed by atoms with van der Waals surface area (Å²) in [6.07, 6.45) is 1.69. The normalized spacial score (nSPS) is 12.1. The Labute approximate surface area is 89.5 Å². The minimum atomic E-state index is 0.586. The van der Waals surface area contributed by atoms with Crippen LogP contribution < -0.4 is 10.5 Å². The molecule has 0 spiro atoms. The lowest BCUT2D eigenvalue weighted by Crippen LogP contribution is -2.03. The molecule has 0 bridgehead atoms. The van der Waals surface area contributed by atoms with Crippen LogP contribution in [0.25, 0.3) is 0 Å². The summed E-state index contributed by atoms with van der Waals surface area (Å²) in [6.45, 7) is 1.84. The lowest BCUT2D eigenvalue weighted by atomic mass is 10.1. The van der Waals surface area contributed by atoms with Gasteiger partial charge in [0.25, 0.3) is 0 Å². The number of amidine groups is 1. The van der Waals surface area contributed by atoms with Crippen molar-refractivity contribution in [3.05, 3.63) is 23.8 Å². The standard InChI is InChI=1S/C11H15N3O/c1-4-14-11(13-2)8-6-5-7-9(12)10(8)15-3/h4-7H,12H2,1-3H3. The third kappa shape index (κ3) is 2.34. The zero-order chi connectivity index (χ0) is 11.3. The van der Waals surface area contributed by atoms with Crippen LogP contribution in [0.3, 0.4) is 0 Å². The Kier molecular flexibility index (Phi) is 3.85. The van der Waals surface area contributed by atoms with Crippen molar-refractivity contribution in [3.63, 3.8) is 0 Å². The van der Waals surface area contributed by atoms with Crippen LogP contribution in [-0.2, 0) is 0 Å². The zero-order valence-electron chi connectivity index (χ0n) is 9.19. The summed E-state index contributed by atoms with van der Waals surface area (Å²) in [5.74, 6) is 1.23. The van der Waals surface area contributed by atoms with Gasteiger partial charge >= 0.3 is 0 Å². The Balaban J connectivity index is 3.29. The van der Waals surface area contributed by atoms with Crippen molar-refractivity contribution in [1.29, 1.82) is 0 Å². The first-order valence-corrected chi connectivity index (χ1v) is 4.63. The summed E-state index contributed by atoms with van der Waals surface area (Å²) in [5, 5.41) is 0. The topological polar surface area (TPSA) is 60.0 Å². The molecule has 15 heavy (non-hydrogen) atoms. The second-order valence-corrected chi connectivity index (χ2v) is 2.86. The van der Waals surface area contributed by atoms with Crippen molar-refractivity contribution in [3.8, 4) is 5.75 Å². The Morgan fingerprint density at radius 3 is 2.73 bits per heavy atom. The van der Waals surface area contributed by atoms with E-state index in [1.54, 1.807) is 26.4 Å². The fraction of sp³-hybridized carbons (Fsp3) is 0.273. The average molecular weight is 205 g/mol. The maximum atomic E-state index is 5.79.